The molecule has 9 heteroatoms. The molecule has 3 aliphatic rings. The fourth-order valence-electron chi connectivity index (χ4n) is 6.08. The van der Waals surface area contributed by atoms with Gasteiger partial charge in [-0.25, -0.2) is 15.4 Å². The smallest absolute Gasteiger partial charge is 0.263 e. The van der Waals surface area contributed by atoms with Crippen molar-refractivity contribution in [1.82, 2.24) is 14.8 Å². The Hall–Kier alpha value is -4.06. The molecule has 40 heavy (non-hydrogen) atoms. The number of fused-ring (bicyclic) bond motifs is 1. The molecule has 0 spiro atoms. The van der Waals surface area contributed by atoms with Crippen molar-refractivity contribution in [2.45, 2.75) is 38.1 Å². The number of nitrogens with zero attached hydrogens (tertiary/aromatic N) is 5. The zero-order valence-electron chi connectivity index (χ0n) is 22.5. The number of carbonyl (C=O) groups is 2. The molecular formula is C31H31F2N5O2. The van der Waals surface area contributed by atoms with E-state index in [1.54, 1.807) is 23.2 Å². The van der Waals surface area contributed by atoms with Crippen LogP contribution in [-0.4, -0.2) is 65.9 Å². The highest BCUT2D eigenvalue weighted by molar-refractivity contribution is 6.07. The van der Waals surface area contributed by atoms with Crippen LogP contribution in [0.15, 0.2) is 42.6 Å². The highest BCUT2D eigenvalue weighted by atomic mass is 19.1. The molecule has 1 aliphatic carbocycles. The van der Waals surface area contributed by atoms with Gasteiger partial charge in [0.25, 0.3) is 11.4 Å². The van der Waals surface area contributed by atoms with Crippen LogP contribution in [0, 0.1) is 31.0 Å². The first-order valence-corrected chi connectivity index (χ1v) is 13.9. The maximum atomic E-state index is 15.0. The number of aromatic nitrogens is 1. The van der Waals surface area contributed by atoms with Crippen LogP contribution in [0.4, 0.5) is 14.5 Å². The van der Waals surface area contributed by atoms with Crippen molar-refractivity contribution in [2.75, 3.05) is 44.2 Å². The fraction of sp³-hybridized carbons (Fsp3) is 0.419. The van der Waals surface area contributed by atoms with Gasteiger partial charge in [-0.3, -0.25) is 14.6 Å². The summed E-state index contributed by atoms with van der Waals surface area (Å²) in [4.78, 5) is 40.3. The van der Waals surface area contributed by atoms with Gasteiger partial charge in [0, 0.05) is 69.6 Å². The number of hydrogen-bond donors (Lipinski definition) is 0. The normalized spacial score (nSPS) is 19.0. The lowest BCUT2D eigenvalue weighted by atomic mass is 9.80. The monoisotopic (exact) mass is 543 g/mol. The minimum absolute atomic E-state index is 0.142. The van der Waals surface area contributed by atoms with Gasteiger partial charge in [0.1, 0.15) is 11.6 Å². The first-order chi connectivity index (χ1) is 19.3. The van der Waals surface area contributed by atoms with Gasteiger partial charge in [-0.1, -0.05) is 6.07 Å². The number of pyridine rings is 1. The molecule has 3 aromatic rings. The second-order valence-corrected chi connectivity index (χ2v) is 11.2. The summed E-state index contributed by atoms with van der Waals surface area (Å²) in [5.41, 5.74) is 1.72. The third-order valence-corrected chi connectivity index (χ3v) is 8.58. The van der Waals surface area contributed by atoms with E-state index in [1.165, 1.54) is 18.2 Å². The number of halogens is 2. The molecule has 0 radical (unpaired) electrons. The molecule has 2 aromatic carbocycles. The van der Waals surface area contributed by atoms with Gasteiger partial charge >= 0.3 is 0 Å². The average molecular weight is 544 g/mol. The van der Waals surface area contributed by atoms with Crippen molar-refractivity contribution in [3.63, 3.8) is 0 Å². The highest BCUT2D eigenvalue weighted by Gasteiger charge is 2.45. The number of benzene rings is 2. The number of aryl methyl sites for hydroxylation is 1. The molecule has 3 fully saturated rings. The van der Waals surface area contributed by atoms with Gasteiger partial charge in [-0.2, -0.15) is 0 Å². The molecule has 1 aromatic heterocycles. The molecule has 7 nitrogen and oxygen atoms in total. The van der Waals surface area contributed by atoms with Crippen LogP contribution >= 0.6 is 0 Å². The summed E-state index contributed by atoms with van der Waals surface area (Å²) in [6.45, 7) is 12.4. The van der Waals surface area contributed by atoms with Gasteiger partial charge in [0.05, 0.1) is 22.3 Å². The fourth-order valence-corrected chi connectivity index (χ4v) is 6.08. The largest absolute Gasteiger partial charge is 0.370 e. The number of hydrogen-bond acceptors (Lipinski definition) is 4. The lowest BCUT2D eigenvalue weighted by Gasteiger charge is -2.38. The zero-order chi connectivity index (χ0) is 28.0. The average Bonchev–Trinajstić information content (AvgIpc) is 3.82. The van der Waals surface area contributed by atoms with Crippen LogP contribution in [-0.2, 0) is 10.3 Å². The molecule has 0 atom stereocenters. The van der Waals surface area contributed by atoms with E-state index >= 15 is 0 Å². The molecule has 2 amide bonds. The van der Waals surface area contributed by atoms with E-state index in [9.17, 15) is 18.4 Å². The predicted molar refractivity (Wildman–Crippen MR) is 148 cm³/mol. The van der Waals surface area contributed by atoms with E-state index in [0.29, 0.717) is 79.8 Å². The number of anilines is 1. The Kier molecular flexibility index (Phi) is 6.65. The number of amides is 2. The van der Waals surface area contributed by atoms with Crippen LogP contribution in [0.2, 0.25) is 0 Å². The maximum Gasteiger partial charge on any atom is 0.263 e. The molecular weight excluding hydrogens is 512 g/mol. The Bertz CT molecular complexity index is 1530. The minimum atomic E-state index is -1.00. The quantitative estimate of drug-likeness (QED) is 0.438. The van der Waals surface area contributed by atoms with Crippen molar-refractivity contribution in [3.05, 3.63) is 82.3 Å². The number of rotatable bonds is 4. The Balaban J connectivity index is 1.30. The molecule has 206 valence electrons. The van der Waals surface area contributed by atoms with Crippen molar-refractivity contribution in [3.8, 4) is 0 Å². The second-order valence-electron chi connectivity index (χ2n) is 11.2. The van der Waals surface area contributed by atoms with E-state index in [-0.39, 0.29) is 23.5 Å². The summed E-state index contributed by atoms with van der Waals surface area (Å²) in [5, 5.41) is 0.533. The van der Waals surface area contributed by atoms with E-state index in [2.05, 4.69) is 9.83 Å². The molecule has 0 bridgehead atoms. The van der Waals surface area contributed by atoms with Gasteiger partial charge in [-0.05, 0) is 55.7 Å². The summed E-state index contributed by atoms with van der Waals surface area (Å²) in [7, 11) is 0. The van der Waals surface area contributed by atoms with E-state index in [1.807, 2.05) is 22.8 Å². The molecule has 2 saturated heterocycles. The number of carbonyl (C=O) groups excluding carboxylic acids is 2. The number of piperidine rings is 1. The molecule has 1 saturated carbocycles. The molecule has 3 heterocycles. The Morgan fingerprint density at radius 1 is 0.975 bits per heavy atom. The van der Waals surface area contributed by atoms with Gasteiger partial charge in [0.15, 0.2) is 0 Å². The van der Waals surface area contributed by atoms with Crippen molar-refractivity contribution in [1.29, 1.82) is 0 Å². The first kappa shape index (κ1) is 26.2. The van der Waals surface area contributed by atoms with Crippen LogP contribution in [0.25, 0.3) is 15.7 Å². The Morgan fingerprint density at radius 3 is 2.33 bits per heavy atom. The lowest BCUT2D eigenvalue weighted by molar-refractivity contribution is -0.134. The minimum Gasteiger partial charge on any atom is -0.370 e. The topological polar surface area (TPSA) is 61.1 Å². The van der Waals surface area contributed by atoms with E-state index in [4.69, 9.17) is 6.57 Å². The summed E-state index contributed by atoms with van der Waals surface area (Å²) in [6, 6.07) is 9.33. The third kappa shape index (κ3) is 4.66. The third-order valence-electron chi connectivity index (χ3n) is 8.58. The summed E-state index contributed by atoms with van der Waals surface area (Å²) < 4.78 is 29.4. The second kappa shape index (κ2) is 10.2. The molecule has 6 rings (SSSR count). The standard InChI is InChI=1S/C31H31F2N5O2/c1-20-3-7-25(26(33)17-20)31(34-2)9-11-36(12-10-31)28-23-18-22(32)6-8-27(23)35-19-24(28)30(40)38-15-13-37(14-16-38)29(39)21-4-5-21/h3,6-8,17-19,21H,4-5,9-16H2,1H3. The number of piperazine rings is 1. The van der Waals surface area contributed by atoms with Crippen molar-refractivity contribution in [2.24, 2.45) is 5.92 Å². The predicted octanol–water partition coefficient (Wildman–Crippen LogP) is 4.93. The Morgan fingerprint density at radius 2 is 1.68 bits per heavy atom. The van der Waals surface area contributed by atoms with E-state index in [0.717, 1.165) is 18.4 Å². The van der Waals surface area contributed by atoms with Crippen LogP contribution in [0.3, 0.4) is 0 Å². The molecule has 0 unspecified atom stereocenters. The Labute approximate surface area is 232 Å². The summed E-state index contributed by atoms with van der Waals surface area (Å²) >= 11 is 0. The first-order valence-electron chi connectivity index (χ1n) is 13.9. The van der Waals surface area contributed by atoms with E-state index < -0.39 is 11.4 Å². The van der Waals surface area contributed by atoms with Crippen molar-refractivity contribution < 1.29 is 18.4 Å². The molecule has 2 aliphatic heterocycles. The van der Waals surface area contributed by atoms with Crippen molar-refractivity contribution >= 4 is 28.4 Å². The molecule has 0 N–H and O–H groups in total. The lowest BCUT2D eigenvalue weighted by Crippen LogP contribution is -2.51. The van der Waals surface area contributed by atoms with Crippen LogP contribution < -0.4 is 4.90 Å². The summed E-state index contributed by atoms with van der Waals surface area (Å²) in [6.07, 6.45) is 4.18. The highest BCUT2D eigenvalue weighted by Crippen LogP contribution is 2.42. The van der Waals surface area contributed by atoms with Gasteiger partial charge in [0.2, 0.25) is 5.91 Å². The van der Waals surface area contributed by atoms with Crippen LogP contribution in [0.5, 0.6) is 0 Å². The van der Waals surface area contributed by atoms with Gasteiger partial charge < -0.3 is 19.5 Å². The van der Waals surface area contributed by atoms with Crippen LogP contribution in [0.1, 0.15) is 47.2 Å². The zero-order valence-corrected chi connectivity index (χ0v) is 22.5. The maximum absolute atomic E-state index is 15.0. The SMILES string of the molecule is [C-]#[N+]C1(c2ccc(C)cc2F)CCN(c2c(C(=O)N3CCN(C(=O)C4CC4)CC3)cnc3ccc(F)cc23)CC1. The van der Waals surface area contributed by atoms with Gasteiger partial charge in [-0.15, -0.1) is 0 Å². The summed E-state index contributed by atoms with van der Waals surface area (Å²) in [5.74, 6) is -0.697.